The Morgan fingerprint density at radius 1 is 1.00 bits per heavy atom. The van der Waals surface area contributed by atoms with Crippen LogP contribution in [-0.4, -0.2) is 79.3 Å². The quantitative estimate of drug-likeness (QED) is 0.142. The van der Waals surface area contributed by atoms with E-state index in [2.05, 4.69) is 10.0 Å². The Kier molecular flexibility index (Phi) is 11.0. The fraction of sp³-hybridized carbons (Fsp3) is 0.355. The molecule has 2 amide bonds. The number of guanidine groups is 1. The lowest BCUT2D eigenvalue weighted by Gasteiger charge is -2.31. The average molecular weight is 623 g/mol. The maximum Gasteiger partial charge on any atom is 0.305 e. The highest BCUT2D eigenvalue weighted by atomic mass is 32.2. The summed E-state index contributed by atoms with van der Waals surface area (Å²) in [6.45, 7) is 1.48. The lowest BCUT2D eigenvalue weighted by Crippen LogP contribution is -2.53. The molecular weight excluding hydrogens is 584 g/mol. The van der Waals surface area contributed by atoms with Gasteiger partial charge in [0, 0.05) is 19.6 Å². The van der Waals surface area contributed by atoms with Crippen LogP contribution in [0.4, 0.5) is 0 Å². The Balaban J connectivity index is 1.65. The van der Waals surface area contributed by atoms with E-state index in [4.69, 9.17) is 11.1 Å². The molecule has 1 heterocycles. The Morgan fingerprint density at radius 2 is 1.66 bits per heavy atom. The molecule has 1 fully saturated rings. The molecule has 1 atom stereocenters. The van der Waals surface area contributed by atoms with E-state index in [1.54, 1.807) is 48.5 Å². The van der Waals surface area contributed by atoms with Crippen LogP contribution in [0.25, 0.3) is 10.8 Å². The lowest BCUT2D eigenvalue weighted by atomic mass is 9.97. The highest BCUT2D eigenvalue weighted by Crippen LogP contribution is 2.21. The van der Waals surface area contributed by atoms with Crippen LogP contribution >= 0.6 is 0 Å². The van der Waals surface area contributed by atoms with E-state index in [0.29, 0.717) is 10.9 Å². The van der Waals surface area contributed by atoms with Crippen molar-refractivity contribution in [1.82, 2.24) is 19.8 Å². The molecule has 0 bridgehead atoms. The van der Waals surface area contributed by atoms with Gasteiger partial charge < -0.3 is 21.1 Å². The maximum absolute atomic E-state index is 14.0. The molecule has 0 saturated carbocycles. The summed E-state index contributed by atoms with van der Waals surface area (Å²) >= 11 is 0. The standard InChI is InChI=1S/C31H38N6O6S/c32-31(33)37(21-23-12-15-34-16-13-23)28(38)19-27(30(41)36(17-14-29(39)40)20-22-6-2-1-3-7-22)35-44(42,43)26-11-10-24-8-4-5-9-25(24)18-26/h1-11,18,23,27,34-35H,12-17,19-21H2,(H3,32,33)(H,39,40). The number of piperidine rings is 1. The number of hydrogen-bond donors (Lipinski definition) is 5. The maximum atomic E-state index is 14.0. The minimum Gasteiger partial charge on any atom is -0.481 e. The lowest BCUT2D eigenvalue weighted by molar-refractivity contribution is -0.141. The van der Waals surface area contributed by atoms with Gasteiger partial charge in [0.25, 0.3) is 0 Å². The molecule has 0 spiro atoms. The minimum absolute atomic E-state index is 0.000836. The number of nitrogens with two attached hydrogens (primary N) is 1. The van der Waals surface area contributed by atoms with Crippen molar-refractivity contribution in [3.05, 3.63) is 78.4 Å². The number of benzene rings is 3. The molecule has 13 heteroatoms. The zero-order valence-corrected chi connectivity index (χ0v) is 25.1. The first-order valence-electron chi connectivity index (χ1n) is 14.4. The van der Waals surface area contributed by atoms with Gasteiger partial charge in [-0.25, -0.2) is 8.42 Å². The number of nitrogens with one attached hydrogen (secondary N) is 3. The van der Waals surface area contributed by atoms with E-state index < -0.39 is 46.2 Å². The predicted molar refractivity (Wildman–Crippen MR) is 166 cm³/mol. The number of rotatable bonds is 13. The summed E-state index contributed by atoms with van der Waals surface area (Å²) in [7, 11) is -4.33. The van der Waals surface area contributed by atoms with Crippen molar-refractivity contribution in [1.29, 1.82) is 5.41 Å². The third-order valence-electron chi connectivity index (χ3n) is 7.62. The fourth-order valence-corrected chi connectivity index (χ4v) is 6.46. The zero-order chi connectivity index (χ0) is 31.7. The summed E-state index contributed by atoms with van der Waals surface area (Å²) in [4.78, 5) is 41.3. The summed E-state index contributed by atoms with van der Waals surface area (Å²) in [6, 6.07) is 19.0. The molecule has 234 valence electrons. The summed E-state index contributed by atoms with van der Waals surface area (Å²) in [6.07, 6.45) is 0.544. The second-order valence-corrected chi connectivity index (χ2v) is 12.6. The topological polar surface area (TPSA) is 186 Å². The first-order chi connectivity index (χ1) is 21.0. The van der Waals surface area contributed by atoms with Crippen LogP contribution < -0.4 is 15.8 Å². The highest BCUT2D eigenvalue weighted by Gasteiger charge is 2.34. The molecule has 0 radical (unpaired) electrons. The van der Waals surface area contributed by atoms with Gasteiger partial charge in [0.15, 0.2) is 5.96 Å². The number of carboxylic acid groups (broad SMARTS) is 1. The number of nitrogens with zero attached hydrogens (tertiary/aromatic N) is 2. The number of fused-ring (bicyclic) bond motifs is 1. The van der Waals surface area contributed by atoms with Crippen molar-refractivity contribution in [2.24, 2.45) is 11.7 Å². The van der Waals surface area contributed by atoms with Crippen LogP contribution in [0.15, 0.2) is 77.7 Å². The van der Waals surface area contributed by atoms with Gasteiger partial charge in [0.2, 0.25) is 21.8 Å². The number of carbonyl (C=O) groups is 3. The summed E-state index contributed by atoms with van der Waals surface area (Å²) < 4.78 is 29.8. The molecule has 12 nitrogen and oxygen atoms in total. The van der Waals surface area contributed by atoms with Crippen LogP contribution in [0.1, 0.15) is 31.2 Å². The van der Waals surface area contributed by atoms with Gasteiger partial charge in [0.05, 0.1) is 17.7 Å². The molecule has 44 heavy (non-hydrogen) atoms. The van der Waals surface area contributed by atoms with Crippen molar-refractivity contribution in [2.75, 3.05) is 26.2 Å². The number of hydrogen-bond acceptors (Lipinski definition) is 7. The van der Waals surface area contributed by atoms with Crippen molar-refractivity contribution < 1.29 is 27.9 Å². The average Bonchev–Trinajstić information content (AvgIpc) is 3.01. The molecule has 1 unspecified atom stereocenters. The molecule has 0 aliphatic carbocycles. The molecule has 4 rings (SSSR count). The number of carboxylic acids is 1. The molecular formula is C31H38N6O6S. The van der Waals surface area contributed by atoms with Gasteiger partial charge in [-0.15, -0.1) is 0 Å². The summed E-state index contributed by atoms with van der Waals surface area (Å²) in [5.41, 5.74) is 6.49. The monoisotopic (exact) mass is 622 g/mol. The van der Waals surface area contributed by atoms with Crippen LogP contribution in [0.5, 0.6) is 0 Å². The molecule has 1 aliphatic rings. The Bertz CT molecular complexity index is 1590. The van der Waals surface area contributed by atoms with Crippen LogP contribution in [0.3, 0.4) is 0 Å². The van der Waals surface area contributed by atoms with E-state index in [-0.39, 0.29) is 36.9 Å². The third-order valence-corrected chi connectivity index (χ3v) is 9.09. The van der Waals surface area contributed by atoms with E-state index in [1.165, 1.54) is 17.0 Å². The van der Waals surface area contributed by atoms with Gasteiger partial charge >= 0.3 is 5.97 Å². The number of carbonyl (C=O) groups excluding carboxylic acids is 2. The van der Waals surface area contributed by atoms with Crippen molar-refractivity contribution in [3.8, 4) is 0 Å². The highest BCUT2D eigenvalue weighted by molar-refractivity contribution is 7.89. The van der Waals surface area contributed by atoms with E-state index in [0.717, 1.165) is 36.2 Å². The number of amides is 2. The number of sulfonamides is 1. The van der Waals surface area contributed by atoms with Gasteiger partial charge in [0.1, 0.15) is 6.04 Å². The predicted octanol–water partition coefficient (Wildman–Crippen LogP) is 2.10. The second kappa shape index (κ2) is 14.9. The van der Waals surface area contributed by atoms with Gasteiger partial charge in [-0.1, -0.05) is 60.7 Å². The molecule has 3 aromatic rings. The SMILES string of the molecule is N=C(N)N(CC1CCNCC1)C(=O)CC(NS(=O)(=O)c1ccc2ccccc2c1)C(=O)N(CCC(=O)O)Cc1ccccc1. The first-order valence-corrected chi connectivity index (χ1v) is 15.9. The molecule has 3 aromatic carbocycles. The number of aliphatic carboxylic acids is 1. The van der Waals surface area contributed by atoms with Crippen molar-refractivity contribution >= 4 is 44.5 Å². The second-order valence-electron chi connectivity index (χ2n) is 10.9. The Labute approximate surface area is 256 Å². The smallest absolute Gasteiger partial charge is 0.305 e. The normalized spacial score (nSPS) is 14.5. The van der Waals surface area contributed by atoms with Gasteiger partial charge in [-0.2, -0.15) is 4.72 Å². The molecule has 6 N–H and O–H groups in total. The van der Waals surface area contributed by atoms with Crippen LogP contribution in [0.2, 0.25) is 0 Å². The third kappa shape index (κ3) is 8.85. The molecule has 1 aliphatic heterocycles. The van der Waals surface area contributed by atoms with Crippen molar-refractivity contribution in [3.63, 3.8) is 0 Å². The van der Waals surface area contributed by atoms with E-state index >= 15 is 0 Å². The zero-order valence-electron chi connectivity index (χ0n) is 24.3. The largest absolute Gasteiger partial charge is 0.481 e. The fourth-order valence-electron chi connectivity index (χ4n) is 5.23. The van der Waals surface area contributed by atoms with E-state index in [1.807, 2.05) is 12.1 Å². The Hall–Kier alpha value is -4.33. The summed E-state index contributed by atoms with van der Waals surface area (Å²) in [5.74, 6) is -3.00. The van der Waals surface area contributed by atoms with Crippen LogP contribution in [0, 0.1) is 11.3 Å². The van der Waals surface area contributed by atoms with Gasteiger partial charge in [-0.05, 0) is 60.3 Å². The summed E-state index contributed by atoms with van der Waals surface area (Å²) in [5, 5.41) is 22.2. The van der Waals surface area contributed by atoms with Crippen LogP contribution in [-0.2, 0) is 31.0 Å². The molecule has 0 aromatic heterocycles. The molecule has 1 saturated heterocycles. The van der Waals surface area contributed by atoms with Gasteiger partial charge in [-0.3, -0.25) is 24.7 Å². The Morgan fingerprint density at radius 3 is 2.32 bits per heavy atom. The van der Waals surface area contributed by atoms with E-state index in [9.17, 15) is 27.9 Å². The minimum atomic E-state index is -4.33. The first kappa shape index (κ1) is 32.6. The van der Waals surface area contributed by atoms with Crippen molar-refractivity contribution in [2.45, 2.75) is 43.2 Å².